The third-order valence-electron chi connectivity index (χ3n) is 3.64. The molecule has 2 aliphatic rings. The van der Waals surface area contributed by atoms with E-state index in [1.165, 1.54) is 18.9 Å². The van der Waals surface area contributed by atoms with Crippen LogP contribution in [0, 0.1) is 5.92 Å². The summed E-state index contributed by atoms with van der Waals surface area (Å²) in [7, 11) is 0. The standard InChI is InChI=1S/C13H18O3S/c1-3-12(15)16-11-7-9(6-10(14)8-11)13(17-2)4-5-13/h8-9H,3-7H2,1-2H3. The van der Waals surface area contributed by atoms with Crippen LogP contribution in [0.5, 0.6) is 0 Å². The lowest BCUT2D eigenvalue weighted by molar-refractivity contribution is -0.139. The first kappa shape index (κ1) is 12.7. The minimum absolute atomic E-state index is 0.0977. The highest BCUT2D eigenvalue weighted by molar-refractivity contribution is 8.00. The van der Waals surface area contributed by atoms with Gasteiger partial charge in [0.1, 0.15) is 5.76 Å². The van der Waals surface area contributed by atoms with Gasteiger partial charge >= 0.3 is 5.97 Å². The Balaban J connectivity index is 2.04. The van der Waals surface area contributed by atoms with Crippen LogP contribution in [0.25, 0.3) is 0 Å². The number of hydrogen-bond donors (Lipinski definition) is 0. The molecule has 1 atom stereocenters. The molecule has 0 aromatic rings. The van der Waals surface area contributed by atoms with Gasteiger partial charge in [-0.1, -0.05) is 6.92 Å². The second kappa shape index (κ2) is 4.84. The minimum Gasteiger partial charge on any atom is -0.431 e. The number of thioether (sulfide) groups is 1. The fourth-order valence-electron chi connectivity index (χ4n) is 2.42. The maximum absolute atomic E-state index is 11.7. The van der Waals surface area contributed by atoms with Crippen molar-refractivity contribution in [3.8, 4) is 0 Å². The van der Waals surface area contributed by atoms with Gasteiger partial charge in [0.2, 0.25) is 0 Å². The summed E-state index contributed by atoms with van der Waals surface area (Å²) in [4.78, 5) is 22.9. The summed E-state index contributed by atoms with van der Waals surface area (Å²) in [5, 5.41) is 0. The molecule has 3 nitrogen and oxygen atoms in total. The summed E-state index contributed by atoms with van der Waals surface area (Å²) in [5.74, 6) is 0.757. The predicted molar refractivity (Wildman–Crippen MR) is 67.7 cm³/mol. The second-order valence-corrected chi connectivity index (χ2v) is 6.00. The second-order valence-electron chi connectivity index (χ2n) is 4.78. The number of ether oxygens (including phenoxy) is 1. The molecule has 2 aliphatic carbocycles. The summed E-state index contributed by atoms with van der Waals surface area (Å²) >= 11 is 1.85. The zero-order valence-electron chi connectivity index (χ0n) is 10.3. The predicted octanol–water partition coefficient (Wildman–Crippen LogP) is 2.70. The molecule has 0 bridgehead atoms. The first-order valence-electron chi connectivity index (χ1n) is 6.09. The summed E-state index contributed by atoms with van der Waals surface area (Å²) in [5.41, 5.74) is 0. The van der Waals surface area contributed by atoms with Crippen LogP contribution in [0.3, 0.4) is 0 Å². The molecule has 0 radical (unpaired) electrons. The fraction of sp³-hybridized carbons (Fsp3) is 0.692. The number of rotatable bonds is 4. The molecule has 17 heavy (non-hydrogen) atoms. The Morgan fingerprint density at radius 2 is 2.24 bits per heavy atom. The topological polar surface area (TPSA) is 43.4 Å². The number of allylic oxidation sites excluding steroid dienone is 2. The molecule has 94 valence electrons. The summed E-state index contributed by atoms with van der Waals surface area (Å²) in [6.45, 7) is 1.76. The summed E-state index contributed by atoms with van der Waals surface area (Å²) in [6.07, 6.45) is 7.66. The molecule has 0 aromatic heterocycles. The van der Waals surface area contributed by atoms with Crippen LogP contribution in [0.1, 0.15) is 39.0 Å². The molecule has 2 rings (SSSR count). The Morgan fingerprint density at radius 3 is 2.76 bits per heavy atom. The average Bonchev–Trinajstić information content (AvgIpc) is 3.09. The van der Waals surface area contributed by atoms with Crippen molar-refractivity contribution >= 4 is 23.5 Å². The van der Waals surface area contributed by atoms with E-state index in [4.69, 9.17) is 4.74 Å². The van der Waals surface area contributed by atoms with Crippen molar-refractivity contribution in [2.24, 2.45) is 5.92 Å². The lowest BCUT2D eigenvalue weighted by Gasteiger charge is -2.28. The van der Waals surface area contributed by atoms with Gasteiger partial charge in [-0.05, 0) is 25.0 Å². The zero-order valence-corrected chi connectivity index (χ0v) is 11.1. The van der Waals surface area contributed by atoms with Crippen molar-refractivity contribution in [1.29, 1.82) is 0 Å². The lowest BCUT2D eigenvalue weighted by Crippen LogP contribution is -2.26. The Bertz CT molecular complexity index is 369. The van der Waals surface area contributed by atoms with Crippen molar-refractivity contribution in [2.75, 3.05) is 6.26 Å². The SMILES string of the molecule is CCC(=O)OC1=CC(=O)CC(C2(SC)CC2)C1. The first-order valence-corrected chi connectivity index (χ1v) is 7.31. The molecule has 0 amide bonds. The molecule has 1 saturated carbocycles. The molecule has 1 fully saturated rings. The van der Waals surface area contributed by atoms with Crippen LogP contribution in [-0.4, -0.2) is 22.8 Å². The normalized spacial score (nSPS) is 26.4. The van der Waals surface area contributed by atoms with Gasteiger partial charge in [0, 0.05) is 30.1 Å². The molecule has 0 N–H and O–H groups in total. The van der Waals surface area contributed by atoms with Crippen LogP contribution in [0.2, 0.25) is 0 Å². The van der Waals surface area contributed by atoms with Crippen molar-refractivity contribution in [3.63, 3.8) is 0 Å². The summed E-state index contributed by atoms with van der Waals surface area (Å²) in [6, 6.07) is 0. The monoisotopic (exact) mass is 254 g/mol. The highest BCUT2D eigenvalue weighted by Crippen LogP contribution is 2.56. The minimum atomic E-state index is -0.251. The Morgan fingerprint density at radius 1 is 1.53 bits per heavy atom. The zero-order chi connectivity index (χ0) is 12.5. The molecule has 1 unspecified atom stereocenters. The smallest absolute Gasteiger partial charge is 0.310 e. The maximum Gasteiger partial charge on any atom is 0.310 e. The molecule has 0 aromatic carbocycles. The van der Waals surface area contributed by atoms with E-state index in [9.17, 15) is 9.59 Å². The van der Waals surface area contributed by atoms with Gasteiger partial charge in [-0.15, -0.1) is 0 Å². The maximum atomic E-state index is 11.7. The van der Waals surface area contributed by atoms with Crippen LogP contribution in [0.4, 0.5) is 0 Å². The average molecular weight is 254 g/mol. The van der Waals surface area contributed by atoms with Crippen molar-refractivity contribution in [2.45, 2.75) is 43.8 Å². The Kier molecular flexibility index (Phi) is 3.61. The van der Waals surface area contributed by atoms with Gasteiger partial charge in [-0.25, -0.2) is 0 Å². The Labute approximate surface area is 106 Å². The summed E-state index contributed by atoms with van der Waals surface area (Å²) < 4.78 is 5.47. The fourth-order valence-corrected chi connectivity index (χ4v) is 3.43. The van der Waals surface area contributed by atoms with Gasteiger partial charge in [-0.2, -0.15) is 11.8 Å². The number of ketones is 1. The molecule has 0 spiro atoms. The van der Waals surface area contributed by atoms with Crippen molar-refractivity contribution in [3.05, 3.63) is 11.8 Å². The lowest BCUT2D eigenvalue weighted by atomic mass is 9.87. The van der Waals surface area contributed by atoms with Crippen LogP contribution in [0.15, 0.2) is 11.8 Å². The van der Waals surface area contributed by atoms with Gasteiger partial charge in [0.15, 0.2) is 5.78 Å². The molecular formula is C13H18O3S. The third-order valence-corrected chi connectivity index (χ3v) is 5.20. The van der Waals surface area contributed by atoms with E-state index in [-0.39, 0.29) is 16.5 Å². The third kappa shape index (κ3) is 2.73. The Hall–Kier alpha value is -0.770. The molecule has 0 heterocycles. The van der Waals surface area contributed by atoms with E-state index < -0.39 is 0 Å². The van der Waals surface area contributed by atoms with Gasteiger partial charge in [-0.3, -0.25) is 9.59 Å². The molecular weight excluding hydrogens is 236 g/mol. The van der Waals surface area contributed by atoms with E-state index in [1.807, 2.05) is 11.8 Å². The number of hydrogen-bond acceptors (Lipinski definition) is 4. The van der Waals surface area contributed by atoms with Crippen molar-refractivity contribution < 1.29 is 14.3 Å². The first-order chi connectivity index (χ1) is 8.09. The van der Waals surface area contributed by atoms with E-state index in [0.717, 1.165) is 6.42 Å². The number of carbonyl (C=O) groups excluding carboxylic acids is 2. The number of esters is 1. The molecule has 0 aliphatic heterocycles. The van der Waals surface area contributed by atoms with Gasteiger partial charge in [0.05, 0.1) is 0 Å². The van der Waals surface area contributed by atoms with Crippen LogP contribution < -0.4 is 0 Å². The number of carbonyl (C=O) groups is 2. The van der Waals surface area contributed by atoms with E-state index in [2.05, 4.69) is 6.26 Å². The van der Waals surface area contributed by atoms with Crippen LogP contribution in [-0.2, 0) is 14.3 Å². The van der Waals surface area contributed by atoms with Gasteiger partial charge in [0.25, 0.3) is 0 Å². The van der Waals surface area contributed by atoms with E-state index in [1.54, 1.807) is 6.92 Å². The van der Waals surface area contributed by atoms with E-state index >= 15 is 0 Å². The highest BCUT2D eigenvalue weighted by Gasteiger charge is 2.50. The van der Waals surface area contributed by atoms with Gasteiger partial charge < -0.3 is 4.74 Å². The van der Waals surface area contributed by atoms with Crippen molar-refractivity contribution in [1.82, 2.24) is 0 Å². The highest BCUT2D eigenvalue weighted by atomic mass is 32.2. The molecule has 0 saturated heterocycles. The van der Waals surface area contributed by atoms with Crippen LogP contribution >= 0.6 is 11.8 Å². The largest absolute Gasteiger partial charge is 0.431 e. The van der Waals surface area contributed by atoms with E-state index in [0.29, 0.717) is 24.5 Å². The quantitative estimate of drug-likeness (QED) is 0.723. The molecule has 4 heteroatoms.